The lowest BCUT2D eigenvalue weighted by Crippen LogP contribution is -2.22. The van der Waals surface area contributed by atoms with Gasteiger partial charge in [-0.15, -0.1) is 11.3 Å². The summed E-state index contributed by atoms with van der Waals surface area (Å²) in [4.78, 5) is 4.61. The quantitative estimate of drug-likeness (QED) is 0.789. The van der Waals surface area contributed by atoms with Crippen LogP contribution in [0.3, 0.4) is 0 Å². The van der Waals surface area contributed by atoms with Crippen molar-refractivity contribution in [2.45, 2.75) is 12.5 Å². The second-order valence-corrected chi connectivity index (χ2v) is 6.06. The predicted octanol–water partition coefficient (Wildman–Crippen LogP) is 4.07. The molecule has 3 nitrogen and oxygen atoms in total. The van der Waals surface area contributed by atoms with Crippen molar-refractivity contribution < 1.29 is 9.84 Å². The Kier molecular flexibility index (Phi) is 3.96. The molecule has 0 saturated carbocycles. The van der Waals surface area contributed by atoms with E-state index in [9.17, 15) is 5.11 Å². The van der Waals surface area contributed by atoms with E-state index < -0.39 is 5.60 Å². The summed E-state index contributed by atoms with van der Waals surface area (Å²) >= 11 is 1.46. The van der Waals surface area contributed by atoms with Gasteiger partial charge in [-0.25, -0.2) is 4.98 Å². The van der Waals surface area contributed by atoms with Crippen molar-refractivity contribution in [1.82, 2.24) is 4.98 Å². The van der Waals surface area contributed by atoms with Crippen LogP contribution in [0.5, 0.6) is 5.75 Å². The lowest BCUT2D eigenvalue weighted by atomic mass is 9.97. The third-order valence-corrected chi connectivity index (χ3v) is 4.70. The van der Waals surface area contributed by atoms with E-state index in [1.807, 2.05) is 60.0 Å². The molecule has 0 aliphatic rings. The molecule has 0 fully saturated rings. The smallest absolute Gasteiger partial charge is 0.138 e. The van der Waals surface area contributed by atoms with Crippen molar-refractivity contribution in [2.24, 2.45) is 0 Å². The fourth-order valence-corrected chi connectivity index (χ4v) is 3.19. The summed E-state index contributed by atoms with van der Waals surface area (Å²) in [6, 6.07) is 17.4. The van der Waals surface area contributed by atoms with Gasteiger partial charge in [-0.05, 0) is 24.6 Å². The van der Waals surface area contributed by atoms with Crippen LogP contribution in [0.2, 0.25) is 0 Å². The monoisotopic (exact) mass is 311 g/mol. The van der Waals surface area contributed by atoms with Crippen LogP contribution < -0.4 is 4.74 Å². The van der Waals surface area contributed by atoms with Gasteiger partial charge in [-0.2, -0.15) is 0 Å². The van der Waals surface area contributed by atoms with Gasteiger partial charge in [0.25, 0.3) is 0 Å². The molecule has 1 aromatic heterocycles. The number of aliphatic hydroxyl groups is 1. The van der Waals surface area contributed by atoms with Gasteiger partial charge in [-0.3, -0.25) is 0 Å². The summed E-state index contributed by atoms with van der Waals surface area (Å²) in [5.41, 5.74) is 1.61. The van der Waals surface area contributed by atoms with Crippen LogP contribution in [0.4, 0.5) is 0 Å². The average molecular weight is 311 g/mol. The highest BCUT2D eigenvalue weighted by Gasteiger charge is 2.29. The molecule has 1 heterocycles. The summed E-state index contributed by atoms with van der Waals surface area (Å²) in [5, 5.41) is 13.5. The molecule has 0 spiro atoms. The number of methoxy groups -OCH3 is 1. The highest BCUT2D eigenvalue weighted by Crippen LogP contribution is 2.34. The number of rotatable bonds is 4. The van der Waals surface area contributed by atoms with Crippen molar-refractivity contribution in [3.8, 4) is 17.0 Å². The molecule has 4 heteroatoms. The third-order valence-electron chi connectivity index (χ3n) is 3.64. The molecule has 3 aromatic rings. The van der Waals surface area contributed by atoms with Gasteiger partial charge >= 0.3 is 0 Å². The highest BCUT2D eigenvalue weighted by molar-refractivity contribution is 7.10. The Morgan fingerprint density at radius 2 is 1.73 bits per heavy atom. The molecule has 1 N–H and O–H groups in total. The molecule has 22 heavy (non-hydrogen) atoms. The Morgan fingerprint density at radius 1 is 1.05 bits per heavy atom. The van der Waals surface area contributed by atoms with E-state index in [-0.39, 0.29) is 0 Å². The van der Waals surface area contributed by atoms with E-state index in [0.717, 1.165) is 22.6 Å². The molecule has 3 rings (SSSR count). The van der Waals surface area contributed by atoms with Gasteiger partial charge in [0.05, 0.1) is 12.8 Å². The second kappa shape index (κ2) is 5.91. The molecule has 0 radical (unpaired) electrons. The third kappa shape index (κ3) is 2.75. The summed E-state index contributed by atoms with van der Waals surface area (Å²) in [6.45, 7) is 1.77. The number of ether oxygens (including phenoxy) is 1. The largest absolute Gasteiger partial charge is 0.497 e. The Hall–Kier alpha value is -2.17. The number of hydrogen-bond donors (Lipinski definition) is 1. The van der Waals surface area contributed by atoms with Crippen LogP contribution in [0.1, 0.15) is 17.5 Å². The second-order valence-electron chi connectivity index (χ2n) is 5.20. The number of hydrogen-bond acceptors (Lipinski definition) is 4. The minimum absolute atomic E-state index is 0.677. The summed E-state index contributed by atoms with van der Waals surface area (Å²) in [6.07, 6.45) is 0. The van der Waals surface area contributed by atoms with E-state index in [0.29, 0.717) is 5.01 Å². The molecule has 1 atom stereocenters. The maximum atomic E-state index is 10.9. The Balaban J connectivity index is 1.93. The van der Waals surface area contributed by atoms with Gasteiger partial charge < -0.3 is 9.84 Å². The van der Waals surface area contributed by atoms with Crippen LogP contribution in [-0.2, 0) is 5.60 Å². The molecule has 112 valence electrons. The fourth-order valence-electron chi connectivity index (χ4n) is 2.28. The maximum Gasteiger partial charge on any atom is 0.138 e. The predicted molar refractivity (Wildman–Crippen MR) is 89.2 cm³/mol. The SMILES string of the molecule is COc1ccc(C(C)(O)c2nc(-c3ccccc3)cs2)cc1. The zero-order valence-corrected chi connectivity index (χ0v) is 13.3. The maximum absolute atomic E-state index is 10.9. The number of benzene rings is 2. The van der Waals surface area contributed by atoms with Gasteiger partial charge in [0.15, 0.2) is 0 Å². The molecule has 1 unspecified atom stereocenters. The molecule has 0 saturated heterocycles. The number of thiazole rings is 1. The Morgan fingerprint density at radius 3 is 2.36 bits per heavy atom. The fraction of sp³-hybridized carbons (Fsp3) is 0.167. The average Bonchev–Trinajstić information content (AvgIpc) is 3.06. The van der Waals surface area contributed by atoms with Crippen molar-refractivity contribution in [3.63, 3.8) is 0 Å². The van der Waals surface area contributed by atoms with E-state index in [4.69, 9.17) is 4.74 Å². The molecule has 0 bridgehead atoms. The van der Waals surface area contributed by atoms with Gasteiger partial charge in [0.1, 0.15) is 16.4 Å². The molecule has 0 aliphatic carbocycles. The van der Waals surface area contributed by atoms with Crippen molar-refractivity contribution >= 4 is 11.3 Å². The zero-order valence-electron chi connectivity index (χ0n) is 12.5. The lowest BCUT2D eigenvalue weighted by Gasteiger charge is -2.21. The normalized spacial score (nSPS) is 13.6. The van der Waals surface area contributed by atoms with Crippen LogP contribution in [0, 0.1) is 0 Å². The van der Waals surface area contributed by atoms with E-state index >= 15 is 0 Å². The topological polar surface area (TPSA) is 42.4 Å². The molecule has 0 amide bonds. The first-order valence-electron chi connectivity index (χ1n) is 6.99. The van der Waals surface area contributed by atoms with Crippen LogP contribution >= 0.6 is 11.3 Å². The van der Waals surface area contributed by atoms with E-state index in [2.05, 4.69) is 4.98 Å². The Bertz CT molecular complexity index is 748. The first kappa shape index (κ1) is 14.8. The van der Waals surface area contributed by atoms with Crippen molar-refractivity contribution in [2.75, 3.05) is 7.11 Å². The lowest BCUT2D eigenvalue weighted by molar-refractivity contribution is 0.102. The van der Waals surface area contributed by atoms with Gasteiger partial charge in [0, 0.05) is 10.9 Å². The molecule has 2 aromatic carbocycles. The summed E-state index contributed by atoms with van der Waals surface area (Å²) < 4.78 is 5.15. The first-order chi connectivity index (χ1) is 10.6. The van der Waals surface area contributed by atoms with Crippen molar-refractivity contribution in [1.29, 1.82) is 0 Å². The minimum Gasteiger partial charge on any atom is -0.497 e. The minimum atomic E-state index is -1.12. The number of nitrogens with zero attached hydrogens (tertiary/aromatic N) is 1. The highest BCUT2D eigenvalue weighted by atomic mass is 32.1. The van der Waals surface area contributed by atoms with E-state index in [1.165, 1.54) is 11.3 Å². The molecular weight excluding hydrogens is 294 g/mol. The zero-order chi connectivity index (χ0) is 15.6. The van der Waals surface area contributed by atoms with Gasteiger partial charge in [0.2, 0.25) is 0 Å². The summed E-state index contributed by atoms with van der Waals surface area (Å²) in [5.74, 6) is 0.767. The first-order valence-corrected chi connectivity index (χ1v) is 7.87. The van der Waals surface area contributed by atoms with Crippen LogP contribution in [-0.4, -0.2) is 17.2 Å². The van der Waals surface area contributed by atoms with Crippen LogP contribution in [0.25, 0.3) is 11.3 Å². The standard InChI is InChI=1S/C18H17NO2S/c1-18(20,14-8-10-15(21-2)11-9-14)17-19-16(12-22-17)13-6-4-3-5-7-13/h3-12,20H,1-2H3. The van der Waals surface area contributed by atoms with E-state index in [1.54, 1.807) is 14.0 Å². The molecular formula is C18H17NO2S. The number of aromatic nitrogens is 1. The van der Waals surface area contributed by atoms with Gasteiger partial charge in [-0.1, -0.05) is 42.5 Å². The summed E-state index contributed by atoms with van der Waals surface area (Å²) in [7, 11) is 1.63. The van der Waals surface area contributed by atoms with Crippen LogP contribution in [0.15, 0.2) is 60.0 Å². The molecule has 0 aliphatic heterocycles. The van der Waals surface area contributed by atoms with Crippen molar-refractivity contribution in [3.05, 3.63) is 70.5 Å². The Labute approximate surface area is 133 Å².